The summed E-state index contributed by atoms with van der Waals surface area (Å²) in [6, 6.07) is 6.29. The highest BCUT2D eigenvalue weighted by molar-refractivity contribution is 7.07. The van der Waals surface area contributed by atoms with Crippen molar-refractivity contribution in [3.8, 4) is 0 Å². The number of benzene rings is 1. The SMILES string of the molecule is Cn1ccsc1=NC(=O)c1ccc(CNC(N)=O)cc1. The minimum atomic E-state index is -0.578. The fourth-order valence-electron chi connectivity index (χ4n) is 1.54. The summed E-state index contributed by atoms with van der Waals surface area (Å²) in [5.74, 6) is -0.294. The Labute approximate surface area is 119 Å². The lowest BCUT2D eigenvalue weighted by atomic mass is 10.1. The van der Waals surface area contributed by atoms with Crippen molar-refractivity contribution in [2.45, 2.75) is 6.54 Å². The molecule has 1 aromatic heterocycles. The Hall–Kier alpha value is -2.41. The zero-order valence-electron chi connectivity index (χ0n) is 10.9. The van der Waals surface area contributed by atoms with Crippen molar-refractivity contribution < 1.29 is 9.59 Å². The molecule has 0 aliphatic rings. The molecule has 3 amide bonds. The predicted molar refractivity (Wildman–Crippen MR) is 76.0 cm³/mol. The molecule has 0 spiro atoms. The molecule has 6 nitrogen and oxygen atoms in total. The number of rotatable bonds is 3. The fourth-order valence-corrected chi connectivity index (χ4v) is 2.27. The van der Waals surface area contributed by atoms with Gasteiger partial charge >= 0.3 is 6.03 Å². The molecule has 0 aliphatic carbocycles. The molecule has 104 valence electrons. The van der Waals surface area contributed by atoms with Crippen molar-refractivity contribution >= 4 is 23.3 Å². The van der Waals surface area contributed by atoms with Gasteiger partial charge in [0.25, 0.3) is 5.91 Å². The number of aryl methyl sites for hydroxylation is 1. The lowest BCUT2D eigenvalue weighted by Crippen LogP contribution is -2.28. The number of amides is 3. The summed E-state index contributed by atoms with van der Waals surface area (Å²) in [4.78, 5) is 27.3. The molecule has 1 aromatic carbocycles. The van der Waals surface area contributed by atoms with Gasteiger partial charge in [-0.2, -0.15) is 4.99 Å². The third-order valence-corrected chi connectivity index (χ3v) is 3.47. The van der Waals surface area contributed by atoms with Gasteiger partial charge in [-0.25, -0.2) is 4.79 Å². The van der Waals surface area contributed by atoms with Gasteiger partial charge in [-0.05, 0) is 17.7 Å². The first-order chi connectivity index (χ1) is 9.56. The van der Waals surface area contributed by atoms with Gasteiger partial charge in [0.1, 0.15) is 0 Å². The van der Waals surface area contributed by atoms with Crippen LogP contribution in [0.1, 0.15) is 15.9 Å². The molecule has 2 rings (SSSR count). The second-order valence-corrected chi connectivity index (χ2v) is 5.00. The maximum atomic E-state index is 12.0. The number of thiazole rings is 1. The highest BCUT2D eigenvalue weighted by Crippen LogP contribution is 2.05. The first-order valence-electron chi connectivity index (χ1n) is 5.87. The molecule has 0 bridgehead atoms. The van der Waals surface area contributed by atoms with Crippen molar-refractivity contribution in [3.05, 3.63) is 51.8 Å². The molecule has 0 aliphatic heterocycles. The molecule has 0 atom stereocenters. The van der Waals surface area contributed by atoms with E-state index in [1.54, 1.807) is 28.8 Å². The third kappa shape index (κ3) is 3.55. The van der Waals surface area contributed by atoms with Crippen molar-refractivity contribution in [2.24, 2.45) is 17.8 Å². The van der Waals surface area contributed by atoms with E-state index in [9.17, 15) is 9.59 Å². The standard InChI is InChI=1S/C13H14N4O2S/c1-17-6-7-20-13(17)16-11(18)10-4-2-9(3-5-10)8-15-12(14)19/h2-7H,8H2,1H3,(H3,14,15,19). The Balaban J connectivity index is 2.12. The summed E-state index contributed by atoms with van der Waals surface area (Å²) in [6.07, 6.45) is 1.84. The van der Waals surface area contributed by atoms with Gasteiger partial charge in [0.05, 0.1) is 0 Å². The number of hydrogen-bond donors (Lipinski definition) is 2. The number of nitrogens with one attached hydrogen (secondary N) is 1. The van der Waals surface area contributed by atoms with Gasteiger partial charge in [0, 0.05) is 30.7 Å². The number of primary amides is 1. The van der Waals surface area contributed by atoms with Crippen molar-refractivity contribution in [2.75, 3.05) is 0 Å². The van der Waals surface area contributed by atoms with Crippen LogP contribution >= 0.6 is 11.3 Å². The molecule has 3 N–H and O–H groups in total. The van der Waals surface area contributed by atoms with Crippen LogP contribution in [0.5, 0.6) is 0 Å². The average Bonchev–Trinajstić information content (AvgIpc) is 2.82. The van der Waals surface area contributed by atoms with Crippen molar-refractivity contribution in [3.63, 3.8) is 0 Å². The molecule has 0 saturated heterocycles. The average molecular weight is 290 g/mol. The second kappa shape index (κ2) is 6.16. The van der Waals surface area contributed by atoms with Gasteiger partial charge in [0.15, 0.2) is 4.80 Å². The molecule has 7 heteroatoms. The molecule has 2 aromatic rings. The minimum absolute atomic E-state index is 0.294. The van der Waals surface area contributed by atoms with Gasteiger partial charge in [-0.3, -0.25) is 4.79 Å². The van der Waals surface area contributed by atoms with Crippen LogP contribution in [0, 0.1) is 0 Å². The molecule has 0 radical (unpaired) electrons. The van der Waals surface area contributed by atoms with Crippen molar-refractivity contribution in [1.82, 2.24) is 9.88 Å². The molecule has 0 saturated carbocycles. The molecular formula is C13H14N4O2S. The number of urea groups is 1. The van der Waals surface area contributed by atoms with Crippen LogP contribution in [0.4, 0.5) is 4.79 Å². The van der Waals surface area contributed by atoms with E-state index in [4.69, 9.17) is 5.73 Å². The van der Waals surface area contributed by atoms with Crippen molar-refractivity contribution in [1.29, 1.82) is 0 Å². The van der Waals surface area contributed by atoms with E-state index in [0.29, 0.717) is 16.9 Å². The number of aromatic nitrogens is 1. The van der Waals surface area contributed by atoms with E-state index in [-0.39, 0.29) is 5.91 Å². The Bertz CT molecular complexity index is 685. The number of carbonyl (C=O) groups excluding carboxylic acids is 2. The van der Waals surface area contributed by atoms with Crippen LogP contribution < -0.4 is 15.9 Å². The first kappa shape index (κ1) is 14.0. The normalized spacial score (nSPS) is 11.3. The molecular weight excluding hydrogens is 276 g/mol. The van der Waals surface area contributed by atoms with Crippen LogP contribution in [0.3, 0.4) is 0 Å². The second-order valence-electron chi connectivity index (χ2n) is 4.13. The van der Waals surface area contributed by atoms with Gasteiger partial charge in [0.2, 0.25) is 0 Å². The zero-order chi connectivity index (χ0) is 14.5. The minimum Gasteiger partial charge on any atom is -0.352 e. The van der Waals surface area contributed by atoms with E-state index in [0.717, 1.165) is 5.56 Å². The fraction of sp³-hybridized carbons (Fsp3) is 0.154. The maximum Gasteiger partial charge on any atom is 0.312 e. The Morgan fingerprint density at radius 2 is 2.05 bits per heavy atom. The monoisotopic (exact) mass is 290 g/mol. The van der Waals surface area contributed by atoms with Gasteiger partial charge < -0.3 is 15.6 Å². The Morgan fingerprint density at radius 1 is 1.35 bits per heavy atom. The highest BCUT2D eigenvalue weighted by Gasteiger charge is 2.04. The molecule has 1 heterocycles. The molecule has 20 heavy (non-hydrogen) atoms. The summed E-state index contributed by atoms with van der Waals surface area (Å²) >= 11 is 1.40. The molecule has 0 fully saturated rings. The predicted octanol–water partition coefficient (Wildman–Crippen LogP) is 0.996. The first-order valence-corrected chi connectivity index (χ1v) is 6.75. The third-order valence-electron chi connectivity index (χ3n) is 2.62. The lowest BCUT2D eigenvalue weighted by molar-refractivity contribution is 0.0998. The lowest BCUT2D eigenvalue weighted by Gasteiger charge is -2.02. The Kier molecular flexibility index (Phi) is 4.31. The quantitative estimate of drug-likeness (QED) is 0.883. The maximum absolute atomic E-state index is 12.0. The van der Waals surface area contributed by atoms with Gasteiger partial charge in [-0.1, -0.05) is 12.1 Å². The highest BCUT2D eigenvalue weighted by atomic mass is 32.1. The van der Waals surface area contributed by atoms with Crippen LogP contribution in [-0.2, 0) is 13.6 Å². The largest absolute Gasteiger partial charge is 0.352 e. The number of carbonyl (C=O) groups is 2. The van der Waals surface area contributed by atoms with E-state index in [1.807, 2.05) is 18.6 Å². The zero-order valence-corrected chi connectivity index (χ0v) is 11.7. The summed E-state index contributed by atoms with van der Waals surface area (Å²) in [6.45, 7) is 0.334. The molecule has 0 unspecified atom stereocenters. The van der Waals surface area contributed by atoms with Crippen LogP contribution in [0.25, 0.3) is 0 Å². The Morgan fingerprint density at radius 3 is 2.60 bits per heavy atom. The summed E-state index contributed by atoms with van der Waals surface area (Å²) in [5.41, 5.74) is 6.35. The smallest absolute Gasteiger partial charge is 0.312 e. The van der Waals surface area contributed by atoms with E-state index < -0.39 is 6.03 Å². The van der Waals surface area contributed by atoms with Crippen LogP contribution in [-0.4, -0.2) is 16.5 Å². The number of nitrogens with zero attached hydrogens (tertiary/aromatic N) is 2. The van der Waals surface area contributed by atoms with E-state index in [2.05, 4.69) is 10.3 Å². The summed E-state index contributed by atoms with van der Waals surface area (Å²) in [7, 11) is 1.83. The topological polar surface area (TPSA) is 89.5 Å². The summed E-state index contributed by atoms with van der Waals surface area (Å²) < 4.78 is 1.79. The van der Waals surface area contributed by atoms with Crippen LogP contribution in [0.15, 0.2) is 40.8 Å². The number of nitrogens with two attached hydrogens (primary N) is 1. The van der Waals surface area contributed by atoms with E-state index >= 15 is 0 Å². The number of hydrogen-bond acceptors (Lipinski definition) is 3. The van der Waals surface area contributed by atoms with E-state index in [1.165, 1.54) is 11.3 Å². The summed E-state index contributed by atoms with van der Waals surface area (Å²) in [5, 5.41) is 4.35. The van der Waals surface area contributed by atoms with Crippen LogP contribution in [0.2, 0.25) is 0 Å². The van der Waals surface area contributed by atoms with Gasteiger partial charge in [-0.15, -0.1) is 11.3 Å².